The smallest absolute Gasteiger partial charge is 0.140 e. The molecule has 0 amide bonds. The van der Waals surface area contributed by atoms with Gasteiger partial charge in [-0.3, -0.25) is 0 Å². The molecule has 0 aliphatic rings. The molecule has 21 heavy (non-hydrogen) atoms. The fraction of sp³-hybridized carbons (Fsp3) is 0.294. The van der Waals surface area contributed by atoms with E-state index in [2.05, 4.69) is 19.2 Å². The number of hydrogen-bond acceptors (Lipinski definition) is 2. The van der Waals surface area contributed by atoms with Crippen LogP contribution in [0.25, 0.3) is 0 Å². The molecule has 0 fully saturated rings. The lowest BCUT2D eigenvalue weighted by atomic mass is 10.1. The zero-order valence-electron chi connectivity index (χ0n) is 12.2. The zero-order chi connectivity index (χ0) is 15.2. The van der Waals surface area contributed by atoms with Crippen LogP contribution in [0.2, 0.25) is 0 Å². The highest BCUT2D eigenvalue weighted by atomic mass is 32.2. The molecule has 0 aliphatic heterocycles. The average Bonchev–Trinajstić information content (AvgIpc) is 2.48. The summed E-state index contributed by atoms with van der Waals surface area (Å²) in [5.41, 5.74) is 1.20. The number of nitrogens with one attached hydrogen (secondary N) is 1. The summed E-state index contributed by atoms with van der Waals surface area (Å²) >= 11 is 1.30. The molecule has 112 valence electrons. The van der Waals surface area contributed by atoms with Gasteiger partial charge in [0.1, 0.15) is 11.6 Å². The Morgan fingerprint density at radius 3 is 2.43 bits per heavy atom. The molecule has 2 rings (SSSR count). The van der Waals surface area contributed by atoms with Crippen LogP contribution in [0.4, 0.5) is 8.78 Å². The first-order valence-electron chi connectivity index (χ1n) is 7.06. The zero-order valence-corrected chi connectivity index (χ0v) is 13.0. The van der Waals surface area contributed by atoms with Crippen LogP contribution in [0.3, 0.4) is 0 Å². The predicted octanol–water partition coefficient (Wildman–Crippen LogP) is 5.18. The topological polar surface area (TPSA) is 12.0 Å². The highest BCUT2D eigenvalue weighted by Gasteiger charge is 2.07. The third-order valence-electron chi connectivity index (χ3n) is 3.20. The Balaban J connectivity index is 2.05. The van der Waals surface area contributed by atoms with Crippen molar-refractivity contribution >= 4 is 11.8 Å². The Morgan fingerprint density at radius 2 is 1.81 bits per heavy atom. The molecule has 0 saturated heterocycles. The van der Waals surface area contributed by atoms with Gasteiger partial charge >= 0.3 is 0 Å². The molecule has 1 N–H and O–H groups in total. The van der Waals surface area contributed by atoms with Crippen LogP contribution in [0.1, 0.15) is 31.9 Å². The van der Waals surface area contributed by atoms with Crippen LogP contribution in [0, 0.1) is 11.6 Å². The van der Waals surface area contributed by atoms with Gasteiger partial charge in [0, 0.05) is 21.9 Å². The van der Waals surface area contributed by atoms with E-state index in [4.69, 9.17) is 0 Å². The molecular weight excluding hydrogens is 288 g/mol. The molecule has 0 aromatic heterocycles. The van der Waals surface area contributed by atoms with Gasteiger partial charge in [-0.15, -0.1) is 0 Å². The molecule has 0 radical (unpaired) electrons. The third-order valence-corrected chi connectivity index (χ3v) is 4.26. The first kappa shape index (κ1) is 16.0. The molecule has 0 bridgehead atoms. The molecule has 0 saturated carbocycles. The van der Waals surface area contributed by atoms with Gasteiger partial charge in [0.15, 0.2) is 0 Å². The lowest BCUT2D eigenvalue weighted by Crippen LogP contribution is -2.19. The number of rotatable bonds is 6. The molecule has 4 heteroatoms. The van der Waals surface area contributed by atoms with Gasteiger partial charge in [-0.2, -0.15) is 0 Å². The number of hydrogen-bond donors (Lipinski definition) is 1. The van der Waals surface area contributed by atoms with E-state index < -0.39 is 11.6 Å². The molecule has 0 spiro atoms. The molecule has 2 aromatic carbocycles. The van der Waals surface area contributed by atoms with E-state index in [9.17, 15) is 8.78 Å². The second kappa shape index (κ2) is 7.57. The summed E-state index contributed by atoms with van der Waals surface area (Å²) in [6.07, 6.45) is 1.10. The van der Waals surface area contributed by atoms with Crippen molar-refractivity contribution < 1.29 is 8.78 Å². The highest BCUT2D eigenvalue weighted by molar-refractivity contribution is 7.99. The average molecular weight is 307 g/mol. The van der Waals surface area contributed by atoms with E-state index in [0.29, 0.717) is 10.9 Å². The molecular formula is C17H19F2NS. The highest BCUT2D eigenvalue weighted by Crippen LogP contribution is 2.30. The van der Waals surface area contributed by atoms with E-state index in [1.165, 1.54) is 29.5 Å². The fourth-order valence-corrected chi connectivity index (χ4v) is 2.81. The maximum Gasteiger partial charge on any atom is 0.140 e. The van der Waals surface area contributed by atoms with E-state index in [1.54, 1.807) is 0 Å². The summed E-state index contributed by atoms with van der Waals surface area (Å²) in [6.45, 7) is 5.24. The summed E-state index contributed by atoms with van der Waals surface area (Å²) in [5.74, 6) is -1.08. The van der Waals surface area contributed by atoms with E-state index >= 15 is 0 Å². The van der Waals surface area contributed by atoms with Gasteiger partial charge in [0.25, 0.3) is 0 Å². The minimum atomic E-state index is -0.553. The number of benzene rings is 2. The summed E-state index contributed by atoms with van der Waals surface area (Å²) in [6, 6.07) is 12.0. The summed E-state index contributed by atoms with van der Waals surface area (Å²) in [5, 5.41) is 3.42. The quantitative estimate of drug-likeness (QED) is 0.789. The summed E-state index contributed by atoms with van der Waals surface area (Å²) in [7, 11) is 0. The normalized spacial score (nSPS) is 12.4. The van der Waals surface area contributed by atoms with Crippen LogP contribution in [-0.2, 0) is 0 Å². The number of halogens is 2. The van der Waals surface area contributed by atoms with Crippen molar-refractivity contribution in [3.05, 3.63) is 59.7 Å². The van der Waals surface area contributed by atoms with Crippen molar-refractivity contribution in [3.63, 3.8) is 0 Å². The van der Waals surface area contributed by atoms with Gasteiger partial charge in [0.2, 0.25) is 0 Å². The Labute approximate surface area is 128 Å². The molecule has 1 atom stereocenters. The summed E-state index contributed by atoms with van der Waals surface area (Å²) in [4.78, 5) is 1.37. The van der Waals surface area contributed by atoms with E-state index in [1.807, 2.05) is 24.3 Å². The van der Waals surface area contributed by atoms with Crippen LogP contribution in [0.5, 0.6) is 0 Å². The lowest BCUT2D eigenvalue weighted by molar-refractivity contribution is 0.565. The monoisotopic (exact) mass is 307 g/mol. The molecule has 0 aliphatic carbocycles. The maximum atomic E-state index is 13.6. The Hall–Kier alpha value is -1.39. The van der Waals surface area contributed by atoms with Crippen molar-refractivity contribution in [2.45, 2.75) is 36.1 Å². The van der Waals surface area contributed by atoms with Crippen molar-refractivity contribution in [3.8, 4) is 0 Å². The first-order chi connectivity index (χ1) is 10.1. The van der Waals surface area contributed by atoms with Crippen molar-refractivity contribution in [1.82, 2.24) is 5.32 Å². The third kappa shape index (κ3) is 4.55. The van der Waals surface area contributed by atoms with Crippen molar-refractivity contribution in [1.29, 1.82) is 0 Å². The van der Waals surface area contributed by atoms with E-state index in [0.717, 1.165) is 23.9 Å². The SMILES string of the molecule is CCCNC(C)c1ccc(Sc2ccc(F)cc2F)cc1. The van der Waals surface area contributed by atoms with Crippen LogP contribution >= 0.6 is 11.8 Å². The van der Waals surface area contributed by atoms with Gasteiger partial charge in [-0.25, -0.2) is 8.78 Å². The molecule has 0 heterocycles. The Morgan fingerprint density at radius 1 is 1.10 bits per heavy atom. The van der Waals surface area contributed by atoms with Crippen LogP contribution in [0.15, 0.2) is 52.3 Å². The van der Waals surface area contributed by atoms with Gasteiger partial charge < -0.3 is 5.32 Å². The van der Waals surface area contributed by atoms with Gasteiger partial charge in [-0.1, -0.05) is 30.8 Å². The molecule has 1 unspecified atom stereocenters. The minimum Gasteiger partial charge on any atom is -0.310 e. The van der Waals surface area contributed by atoms with Crippen molar-refractivity contribution in [2.24, 2.45) is 0 Å². The van der Waals surface area contributed by atoms with Gasteiger partial charge in [0.05, 0.1) is 0 Å². The van der Waals surface area contributed by atoms with Crippen LogP contribution < -0.4 is 5.32 Å². The van der Waals surface area contributed by atoms with Crippen LogP contribution in [-0.4, -0.2) is 6.54 Å². The second-order valence-corrected chi connectivity index (χ2v) is 6.04. The Kier molecular flexibility index (Phi) is 5.76. The van der Waals surface area contributed by atoms with Crippen molar-refractivity contribution in [2.75, 3.05) is 6.54 Å². The van der Waals surface area contributed by atoms with E-state index in [-0.39, 0.29) is 0 Å². The molecule has 1 nitrogen and oxygen atoms in total. The Bertz CT molecular complexity index is 584. The predicted molar refractivity (Wildman–Crippen MR) is 83.6 cm³/mol. The fourth-order valence-electron chi connectivity index (χ4n) is 1.99. The second-order valence-electron chi connectivity index (χ2n) is 4.92. The maximum absolute atomic E-state index is 13.6. The molecule has 2 aromatic rings. The van der Waals surface area contributed by atoms with Gasteiger partial charge in [-0.05, 0) is 49.7 Å². The summed E-state index contributed by atoms with van der Waals surface area (Å²) < 4.78 is 26.5. The first-order valence-corrected chi connectivity index (χ1v) is 7.88. The largest absolute Gasteiger partial charge is 0.310 e. The standard InChI is InChI=1S/C17H19F2NS/c1-3-10-20-12(2)13-4-7-15(8-5-13)21-17-9-6-14(18)11-16(17)19/h4-9,11-12,20H,3,10H2,1-2H3. The minimum absolute atomic E-state index is 0.298. The lowest BCUT2D eigenvalue weighted by Gasteiger charge is -2.14.